The lowest BCUT2D eigenvalue weighted by Crippen LogP contribution is -2.54. The second-order valence-electron chi connectivity index (χ2n) is 9.11. The van der Waals surface area contributed by atoms with Gasteiger partial charge >= 0.3 is 6.03 Å². The zero-order valence-electron chi connectivity index (χ0n) is 22.2. The van der Waals surface area contributed by atoms with Gasteiger partial charge in [-0.15, -0.1) is 11.8 Å². The van der Waals surface area contributed by atoms with E-state index in [0.717, 1.165) is 16.2 Å². The van der Waals surface area contributed by atoms with E-state index in [2.05, 4.69) is 35.6 Å². The van der Waals surface area contributed by atoms with Gasteiger partial charge in [-0.25, -0.2) is 9.69 Å². The summed E-state index contributed by atoms with van der Waals surface area (Å²) in [6, 6.07) is 25.9. The highest BCUT2D eigenvalue weighted by Crippen LogP contribution is 2.32. The molecule has 4 aromatic rings. The van der Waals surface area contributed by atoms with E-state index in [0.29, 0.717) is 36.0 Å². The summed E-state index contributed by atoms with van der Waals surface area (Å²) >= 11 is 1.73. The molecule has 0 aromatic heterocycles. The summed E-state index contributed by atoms with van der Waals surface area (Å²) < 4.78 is 11.8. The van der Waals surface area contributed by atoms with Crippen LogP contribution in [-0.4, -0.2) is 36.8 Å². The minimum absolute atomic E-state index is 0.150. The Morgan fingerprint density at radius 2 is 1.65 bits per heavy atom. The Morgan fingerprint density at radius 3 is 2.45 bits per heavy atom. The quantitative estimate of drug-likeness (QED) is 0.112. The van der Waals surface area contributed by atoms with Crippen LogP contribution in [0.1, 0.15) is 18.1 Å². The maximum atomic E-state index is 13.2. The van der Waals surface area contributed by atoms with Gasteiger partial charge in [0.25, 0.3) is 11.8 Å². The number of barbiturate groups is 1. The third kappa shape index (κ3) is 5.87. The van der Waals surface area contributed by atoms with Crippen LogP contribution in [0.4, 0.5) is 10.5 Å². The summed E-state index contributed by atoms with van der Waals surface area (Å²) in [7, 11) is 0. The first-order valence-corrected chi connectivity index (χ1v) is 13.9. The van der Waals surface area contributed by atoms with Gasteiger partial charge in [-0.3, -0.25) is 14.9 Å². The minimum atomic E-state index is -0.781. The fraction of sp³-hybridized carbons (Fsp3) is 0.156. The van der Waals surface area contributed by atoms with E-state index in [-0.39, 0.29) is 5.57 Å². The zero-order valence-corrected chi connectivity index (χ0v) is 23.0. The number of imide groups is 2. The number of carbonyl (C=O) groups excluding carboxylic acids is 3. The van der Waals surface area contributed by atoms with Crippen molar-refractivity contribution in [1.29, 1.82) is 0 Å². The van der Waals surface area contributed by atoms with Crippen molar-refractivity contribution in [3.05, 3.63) is 102 Å². The molecule has 8 heteroatoms. The van der Waals surface area contributed by atoms with Crippen molar-refractivity contribution in [2.24, 2.45) is 0 Å². The van der Waals surface area contributed by atoms with Gasteiger partial charge in [-0.1, -0.05) is 60.2 Å². The number of fused-ring (bicyclic) bond motifs is 1. The minimum Gasteiger partial charge on any atom is -0.490 e. The molecule has 1 heterocycles. The molecule has 1 N–H and O–H groups in total. The van der Waals surface area contributed by atoms with Crippen LogP contribution >= 0.6 is 11.8 Å². The van der Waals surface area contributed by atoms with Crippen molar-refractivity contribution >= 4 is 52.1 Å². The summed E-state index contributed by atoms with van der Waals surface area (Å²) in [6.07, 6.45) is 1.45. The number of nitrogens with one attached hydrogen (secondary N) is 1. The Morgan fingerprint density at radius 1 is 0.875 bits per heavy atom. The number of anilines is 1. The topological polar surface area (TPSA) is 84.9 Å². The molecular formula is C32H28N2O5S. The van der Waals surface area contributed by atoms with Crippen LogP contribution in [0.25, 0.3) is 16.8 Å². The van der Waals surface area contributed by atoms with Crippen LogP contribution in [0.2, 0.25) is 0 Å². The Labute approximate surface area is 236 Å². The van der Waals surface area contributed by atoms with Gasteiger partial charge in [0.15, 0.2) is 11.5 Å². The molecule has 0 unspecified atom stereocenters. The van der Waals surface area contributed by atoms with Gasteiger partial charge in [0.05, 0.1) is 18.9 Å². The largest absolute Gasteiger partial charge is 0.490 e. The van der Waals surface area contributed by atoms with Crippen LogP contribution in [-0.2, 0) is 9.59 Å². The summed E-state index contributed by atoms with van der Waals surface area (Å²) in [4.78, 5) is 40.4. The van der Waals surface area contributed by atoms with Crippen LogP contribution < -0.4 is 19.7 Å². The predicted molar refractivity (Wildman–Crippen MR) is 158 cm³/mol. The molecule has 0 aliphatic carbocycles. The average Bonchev–Trinajstić information content (AvgIpc) is 2.95. The van der Waals surface area contributed by atoms with E-state index in [1.54, 1.807) is 54.2 Å². The number of thioether (sulfide) groups is 1. The van der Waals surface area contributed by atoms with Crippen molar-refractivity contribution < 1.29 is 23.9 Å². The molecule has 40 heavy (non-hydrogen) atoms. The average molecular weight is 553 g/mol. The Balaban J connectivity index is 1.31. The van der Waals surface area contributed by atoms with Crippen LogP contribution in [0.15, 0.2) is 95.4 Å². The fourth-order valence-corrected chi connectivity index (χ4v) is 5.28. The highest BCUT2D eigenvalue weighted by Gasteiger charge is 2.36. The number of hydrogen-bond donors (Lipinski definition) is 1. The Kier molecular flexibility index (Phi) is 8.17. The molecule has 0 radical (unpaired) electrons. The molecule has 0 atom stereocenters. The molecule has 1 fully saturated rings. The van der Waals surface area contributed by atoms with Gasteiger partial charge in [0, 0.05) is 10.6 Å². The van der Waals surface area contributed by atoms with Crippen molar-refractivity contribution in [2.45, 2.75) is 18.7 Å². The molecule has 0 bridgehead atoms. The lowest BCUT2D eigenvalue weighted by Gasteiger charge is -2.26. The van der Waals surface area contributed by atoms with Crippen LogP contribution in [0, 0.1) is 6.92 Å². The molecule has 4 aromatic carbocycles. The Hall–Kier alpha value is -4.56. The molecule has 1 aliphatic heterocycles. The van der Waals surface area contributed by atoms with E-state index in [9.17, 15) is 14.4 Å². The molecule has 1 saturated heterocycles. The summed E-state index contributed by atoms with van der Waals surface area (Å²) in [5.41, 5.74) is 1.78. The first-order chi connectivity index (χ1) is 19.4. The standard InChI is InChI=1S/C32H28N2O5S/c1-3-38-28-20-22(19-26-30(35)33-32(37)34(31(26)36)24-14-11-21(2)12-15-24)13-16-27(28)39-17-18-40-29-10-6-8-23-7-4-5-9-25(23)29/h4-16,19-20H,3,17-18H2,1-2H3,(H,33,35,37)/b26-19-. The molecule has 202 valence electrons. The number of amides is 4. The van der Waals surface area contributed by atoms with Gasteiger partial charge in [0.1, 0.15) is 5.57 Å². The smallest absolute Gasteiger partial charge is 0.335 e. The van der Waals surface area contributed by atoms with E-state index in [1.165, 1.54) is 21.7 Å². The van der Waals surface area contributed by atoms with Crippen molar-refractivity contribution in [3.63, 3.8) is 0 Å². The molecule has 0 spiro atoms. The fourth-order valence-electron chi connectivity index (χ4n) is 4.38. The third-order valence-electron chi connectivity index (χ3n) is 6.32. The molecule has 7 nitrogen and oxygen atoms in total. The summed E-state index contributed by atoms with van der Waals surface area (Å²) in [5.74, 6) is 0.368. The molecular weight excluding hydrogens is 524 g/mol. The molecule has 5 rings (SSSR count). The SMILES string of the molecule is CCOc1cc(/C=C2/C(=O)NC(=O)N(c3ccc(C)cc3)C2=O)ccc1OCCSc1cccc2ccccc12. The van der Waals surface area contributed by atoms with Gasteiger partial charge in [0.2, 0.25) is 0 Å². The summed E-state index contributed by atoms with van der Waals surface area (Å²) in [6.45, 7) is 4.65. The lowest BCUT2D eigenvalue weighted by atomic mass is 10.1. The summed E-state index contributed by atoms with van der Waals surface area (Å²) in [5, 5.41) is 4.67. The number of carbonyl (C=O) groups is 3. The van der Waals surface area contributed by atoms with Crippen LogP contribution in [0.3, 0.4) is 0 Å². The number of urea groups is 1. The first-order valence-electron chi connectivity index (χ1n) is 12.9. The second kappa shape index (κ2) is 12.1. The lowest BCUT2D eigenvalue weighted by molar-refractivity contribution is -0.122. The third-order valence-corrected chi connectivity index (χ3v) is 7.36. The van der Waals surface area contributed by atoms with Gasteiger partial charge in [-0.05, 0) is 66.6 Å². The Bertz CT molecular complexity index is 1610. The number of hydrogen-bond acceptors (Lipinski definition) is 6. The highest BCUT2D eigenvalue weighted by molar-refractivity contribution is 7.99. The molecule has 1 aliphatic rings. The van der Waals surface area contributed by atoms with Crippen LogP contribution in [0.5, 0.6) is 11.5 Å². The number of benzene rings is 4. The maximum Gasteiger partial charge on any atom is 0.335 e. The van der Waals surface area contributed by atoms with Crippen molar-refractivity contribution in [2.75, 3.05) is 23.9 Å². The highest BCUT2D eigenvalue weighted by atomic mass is 32.2. The monoisotopic (exact) mass is 552 g/mol. The van der Waals surface area contributed by atoms with E-state index >= 15 is 0 Å². The number of ether oxygens (including phenoxy) is 2. The predicted octanol–water partition coefficient (Wildman–Crippen LogP) is 6.38. The van der Waals surface area contributed by atoms with E-state index in [1.807, 2.05) is 26.0 Å². The maximum absolute atomic E-state index is 13.2. The van der Waals surface area contributed by atoms with Crippen molar-refractivity contribution in [3.8, 4) is 11.5 Å². The van der Waals surface area contributed by atoms with E-state index in [4.69, 9.17) is 9.47 Å². The van der Waals surface area contributed by atoms with Gasteiger partial charge in [-0.2, -0.15) is 0 Å². The number of rotatable bonds is 9. The molecule has 4 amide bonds. The number of nitrogens with zero attached hydrogens (tertiary/aromatic N) is 1. The first kappa shape index (κ1) is 27.0. The normalized spacial score (nSPS) is 14.5. The zero-order chi connectivity index (χ0) is 28.1. The van der Waals surface area contributed by atoms with E-state index < -0.39 is 17.8 Å². The van der Waals surface area contributed by atoms with Gasteiger partial charge < -0.3 is 9.47 Å². The van der Waals surface area contributed by atoms with Crippen molar-refractivity contribution in [1.82, 2.24) is 5.32 Å². The molecule has 0 saturated carbocycles. The number of aryl methyl sites for hydroxylation is 1. The second-order valence-corrected chi connectivity index (χ2v) is 10.2.